The van der Waals surface area contributed by atoms with Crippen LogP contribution in [0.5, 0.6) is 0 Å². The summed E-state index contributed by atoms with van der Waals surface area (Å²) in [5.74, 6) is 0.677. The van der Waals surface area contributed by atoms with Gasteiger partial charge in [0, 0.05) is 22.9 Å². The Morgan fingerprint density at radius 2 is 2.31 bits per heavy atom. The van der Waals surface area contributed by atoms with Crippen LogP contribution in [0.15, 0.2) is 22.9 Å². The quantitative estimate of drug-likeness (QED) is 0.897. The van der Waals surface area contributed by atoms with Crippen LogP contribution in [0, 0.1) is 5.92 Å². The van der Waals surface area contributed by atoms with Crippen LogP contribution in [0.4, 0.5) is 0 Å². The molecule has 1 aliphatic carbocycles. The average molecular weight is 283 g/mol. The van der Waals surface area contributed by atoms with Crippen LogP contribution >= 0.6 is 15.9 Å². The molecule has 1 aromatic rings. The lowest BCUT2D eigenvalue weighted by Gasteiger charge is -2.28. The van der Waals surface area contributed by atoms with E-state index in [4.69, 9.17) is 0 Å². The van der Waals surface area contributed by atoms with Gasteiger partial charge in [-0.25, -0.2) is 0 Å². The fourth-order valence-corrected chi connectivity index (χ4v) is 2.43. The normalized spacial score (nSPS) is 18.1. The van der Waals surface area contributed by atoms with Gasteiger partial charge in [-0.15, -0.1) is 0 Å². The summed E-state index contributed by atoms with van der Waals surface area (Å²) in [6, 6.07) is 2.95. The van der Waals surface area contributed by atoms with E-state index in [2.05, 4.69) is 39.2 Å². The summed E-state index contributed by atoms with van der Waals surface area (Å²) in [6.07, 6.45) is 9.04. The van der Waals surface area contributed by atoms with Crippen LogP contribution in [0.2, 0.25) is 0 Å². The van der Waals surface area contributed by atoms with Gasteiger partial charge in [0.05, 0.1) is 0 Å². The molecule has 0 aliphatic heterocycles. The molecule has 2 nitrogen and oxygen atoms in total. The lowest BCUT2D eigenvalue weighted by Crippen LogP contribution is -2.38. The molecule has 1 aromatic heterocycles. The van der Waals surface area contributed by atoms with Crippen molar-refractivity contribution in [1.82, 2.24) is 10.3 Å². The smallest absolute Gasteiger partial charge is 0.0410 e. The first-order valence-corrected chi connectivity index (χ1v) is 6.86. The molecule has 88 valence electrons. The van der Waals surface area contributed by atoms with Gasteiger partial charge in [-0.2, -0.15) is 0 Å². The van der Waals surface area contributed by atoms with Crippen molar-refractivity contribution in [1.29, 1.82) is 0 Å². The highest BCUT2D eigenvalue weighted by molar-refractivity contribution is 9.10. The Morgan fingerprint density at radius 3 is 2.94 bits per heavy atom. The summed E-state index contributed by atoms with van der Waals surface area (Å²) >= 11 is 3.46. The van der Waals surface area contributed by atoms with E-state index in [9.17, 15) is 0 Å². The first-order chi connectivity index (χ1) is 7.74. The maximum atomic E-state index is 4.19. The van der Waals surface area contributed by atoms with Crippen LogP contribution in [-0.4, -0.2) is 17.6 Å². The van der Waals surface area contributed by atoms with E-state index in [1.54, 1.807) is 0 Å². The predicted molar refractivity (Wildman–Crippen MR) is 70.4 cm³/mol. The van der Waals surface area contributed by atoms with Crippen molar-refractivity contribution in [3.63, 3.8) is 0 Å². The van der Waals surface area contributed by atoms with Gasteiger partial charge in [0.1, 0.15) is 0 Å². The molecule has 0 amide bonds. The molecular weight excluding hydrogens is 264 g/mol. The SMILES string of the molecule is CC(CNC1CCC1)Cc1cncc(Br)c1. The molecule has 0 spiro atoms. The van der Waals surface area contributed by atoms with Gasteiger partial charge in [0.25, 0.3) is 0 Å². The highest BCUT2D eigenvalue weighted by Gasteiger charge is 2.17. The third kappa shape index (κ3) is 3.56. The van der Waals surface area contributed by atoms with Crippen molar-refractivity contribution in [2.24, 2.45) is 5.92 Å². The number of nitrogens with zero attached hydrogens (tertiary/aromatic N) is 1. The minimum atomic E-state index is 0.677. The first-order valence-electron chi connectivity index (χ1n) is 6.07. The second-order valence-corrected chi connectivity index (χ2v) is 5.77. The molecule has 3 heteroatoms. The molecule has 1 saturated carbocycles. The second-order valence-electron chi connectivity index (χ2n) is 4.86. The molecule has 0 radical (unpaired) electrons. The van der Waals surface area contributed by atoms with Gasteiger partial charge in [0.15, 0.2) is 0 Å². The Kier molecular flexibility index (Phi) is 4.36. The Balaban J connectivity index is 1.75. The molecule has 2 rings (SSSR count). The van der Waals surface area contributed by atoms with Crippen molar-refractivity contribution in [3.05, 3.63) is 28.5 Å². The zero-order chi connectivity index (χ0) is 11.4. The lowest BCUT2D eigenvalue weighted by molar-refractivity contribution is 0.320. The number of hydrogen-bond acceptors (Lipinski definition) is 2. The Morgan fingerprint density at radius 1 is 1.50 bits per heavy atom. The molecule has 1 aliphatic rings. The molecule has 1 N–H and O–H groups in total. The van der Waals surface area contributed by atoms with E-state index in [1.807, 2.05) is 12.4 Å². The second kappa shape index (κ2) is 5.78. The standard InChI is InChI=1S/C13H19BrN2/c1-10(7-16-13-3-2-4-13)5-11-6-12(14)9-15-8-11/h6,8-10,13,16H,2-5,7H2,1H3. The monoisotopic (exact) mass is 282 g/mol. The van der Waals surface area contributed by atoms with Crippen LogP contribution in [0.25, 0.3) is 0 Å². The van der Waals surface area contributed by atoms with Crippen molar-refractivity contribution in [2.45, 2.75) is 38.6 Å². The van der Waals surface area contributed by atoms with Gasteiger partial charge < -0.3 is 5.32 Å². The summed E-state index contributed by atoms with van der Waals surface area (Å²) in [7, 11) is 0. The van der Waals surface area contributed by atoms with Gasteiger partial charge in [-0.05, 0) is 59.3 Å². The van der Waals surface area contributed by atoms with E-state index >= 15 is 0 Å². The van der Waals surface area contributed by atoms with Crippen molar-refractivity contribution >= 4 is 15.9 Å². The van der Waals surface area contributed by atoms with Crippen LogP contribution in [0.3, 0.4) is 0 Å². The summed E-state index contributed by atoms with van der Waals surface area (Å²) in [6.45, 7) is 3.42. The maximum Gasteiger partial charge on any atom is 0.0410 e. The van der Waals surface area contributed by atoms with Crippen molar-refractivity contribution in [2.75, 3.05) is 6.54 Å². The molecule has 1 unspecified atom stereocenters. The van der Waals surface area contributed by atoms with Gasteiger partial charge >= 0.3 is 0 Å². The molecule has 16 heavy (non-hydrogen) atoms. The fraction of sp³-hybridized carbons (Fsp3) is 0.615. The van der Waals surface area contributed by atoms with Crippen LogP contribution in [0.1, 0.15) is 31.7 Å². The third-order valence-electron chi connectivity index (χ3n) is 3.21. The third-order valence-corrected chi connectivity index (χ3v) is 3.64. The Hall–Kier alpha value is -0.410. The van der Waals surface area contributed by atoms with Crippen LogP contribution < -0.4 is 5.32 Å². The largest absolute Gasteiger partial charge is 0.314 e. The summed E-state index contributed by atoms with van der Waals surface area (Å²) in [4.78, 5) is 4.19. The Labute approximate surface area is 106 Å². The van der Waals surface area contributed by atoms with Gasteiger partial charge in [-0.1, -0.05) is 13.3 Å². The fourth-order valence-electron chi connectivity index (χ4n) is 2.02. The summed E-state index contributed by atoms with van der Waals surface area (Å²) in [5, 5.41) is 3.62. The minimum Gasteiger partial charge on any atom is -0.314 e. The van der Waals surface area contributed by atoms with E-state index in [0.29, 0.717) is 5.92 Å². The average Bonchev–Trinajstić information content (AvgIpc) is 2.15. The van der Waals surface area contributed by atoms with E-state index in [-0.39, 0.29) is 0 Å². The number of pyridine rings is 1. The summed E-state index contributed by atoms with van der Waals surface area (Å²) < 4.78 is 1.07. The number of nitrogens with one attached hydrogen (secondary N) is 1. The van der Waals surface area contributed by atoms with Crippen LogP contribution in [-0.2, 0) is 6.42 Å². The number of aromatic nitrogens is 1. The zero-order valence-corrected chi connectivity index (χ0v) is 11.3. The van der Waals surface area contributed by atoms with Gasteiger partial charge in [-0.3, -0.25) is 4.98 Å². The molecule has 0 aromatic carbocycles. The molecule has 0 saturated heterocycles. The van der Waals surface area contributed by atoms with Crippen molar-refractivity contribution < 1.29 is 0 Å². The predicted octanol–water partition coefficient (Wildman–Crippen LogP) is 3.16. The number of hydrogen-bond donors (Lipinski definition) is 1. The molecule has 0 bridgehead atoms. The highest BCUT2D eigenvalue weighted by Crippen LogP contribution is 2.19. The maximum absolute atomic E-state index is 4.19. The van der Waals surface area contributed by atoms with Crippen molar-refractivity contribution in [3.8, 4) is 0 Å². The lowest BCUT2D eigenvalue weighted by atomic mass is 9.92. The topological polar surface area (TPSA) is 24.9 Å². The van der Waals surface area contributed by atoms with Gasteiger partial charge in [0.2, 0.25) is 0 Å². The zero-order valence-electron chi connectivity index (χ0n) is 9.75. The Bertz CT molecular complexity index is 336. The number of halogens is 1. The summed E-state index contributed by atoms with van der Waals surface area (Å²) in [5.41, 5.74) is 1.32. The highest BCUT2D eigenvalue weighted by atomic mass is 79.9. The molecule has 1 fully saturated rings. The molecule has 1 heterocycles. The number of rotatable bonds is 5. The molecule has 1 atom stereocenters. The van der Waals surface area contributed by atoms with E-state index < -0.39 is 0 Å². The van der Waals surface area contributed by atoms with E-state index in [0.717, 1.165) is 23.5 Å². The minimum absolute atomic E-state index is 0.677. The van der Waals surface area contributed by atoms with E-state index in [1.165, 1.54) is 24.8 Å². The molecular formula is C13H19BrN2. The first kappa shape index (κ1) is 12.1.